The number of unbranched alkanes of at least 4 members (excludes halogenated alkanes) is 2. The fraction of sp³-hybridized carbons (Fsp3) is 0.579. The van der Waals surface area contributed by atoms with Crippen LogP contribution in [0.4, 0.5) is 0 Å². The molecule has 4 atom stereocenters. The van der Waals surface area contributed by atoms with Crippen LogP contribution in [0.15, 0.2) is 29.7 Å². The predicted octanol–water partition coefficient (Wildman–Crippen LogP) is 2.76. The molecule has 2 bridgehead atoms. The molecule has 0 N–H and O–H groups in total. The van der Waals surface area contributed by atoms with Crippen molar-refractivity contribution >= 4 is 23.2 Å². The van der Waals surface area contributed by atoms with Gasteiger partial charge in [-0.1, -0.05) is 38.0 Å². The minimum absolute atomic E-state index is 0.00996. The summed E-state index contributed by atoms with van der Waals surface area (Å²) in [6, 6.07) is 4.01. The largest absolute Gasteiger partial charge is 0.465 e. The van der Waals surface area contributed by atoms with Crippen LogP contribution >= 0.6 is 11.3 Å². The zero-order valence-electron chi connectivity index (χ0n) is 14.3. The zero-order valence-corrected chi connectivity index (χ0v) is 15.2. The van der Waals surface area contributed by atoms with E-state index in [1.54, 1.807) is 11.3 Å². The van der Waals surface area contributed by atoms with Gasteiger partial charge in [0.05, 0.1) is 31.7 Å². The highest BCUT2D eigenvalue weighted by molar-refractivity contribution is 7.09. The highest BCUT2D eigenvalue weighted by Crippen LogP contribution is 2.52. The Morgan fingerprint density at radius 2 is 2.36 bits per heavy atom. The van der Waals surface area contributed by atoms with E-state index in [-0.39, 0.29) is 18.0 Å². The molecule has 4 rings (SSSR count). The van der Waals surface area contributed by atoms with Gasteiger partial charge in [-0.05, 0) is 17.9 Å². The lowest BCUT2D eigenvalue weighted by Crippen LogP contribution is -2.40. The number of fused-ring (bicyclic) bond motifs is 1. The molecular weight excluding hydrogens is 338 g/mol. The van der Waals surface area contributed by atoms with Crippen molar-refractivity contribution < 1.29 is 19.1 Å². The van der Waals surface area contributed by atoms with Crippen LogP contribution in [0.5, 0.6) is 0 Å². The van der Waals surface area contributed by atoms with E-state index >= 15 is 0 Å². The van der Waals surface area contributed by atoms with E-state index in [0.717, 1.165) is 24.1 Å². The quantitative estimate of drug-likeness (QED) is 0.426. The number of rotatable bonds is 7. The number of esters is 1. The van der Waals surface area contributed by atoms with Gasteiger partial charge >= 0.3 is 5.97 Å². The van der Waals surface area contributed by atoms with Gasteiger partial charge in [-0.2, -0.15) is 0 Å². The van der Waals surface area contributed by atoms with Gasteiger partial charge in [0.15, 0.2) is 0 Å². The van der Waals surface area contributed by atoms with Crippen molar-refractivity contribution in [2.24, 2.45) is 11.8 Å². The summed E-state index contributed by atoms with van der Waals surface area (Å²) in [5.41, 5.74) is -0.647. The van der Waals surface area contributed by atoms with E-state index in [0.29, 0.717) is 19.7 Å². The SMILES string of the molecule is CCCCCOC(=O)C1[C@@H]2C=C[C@]3(CN(Cc4cccs4)C(=O)[C@H]13)O2. The van der Waals surface area contributed by atoms with Crippen LogP contribution in [0, 0.1) is 11.8 Å². The van der Waals surface area contributed by atoms with Gasteiger partial charge in [0, 0.05) is 4.88 Å². The highest BCUT2D eigenvalue weighted by Gasteiger charge is 2.67. The van der Waals surface area contributed by atoms with E-state index in [4.69, 9.17) is 9.47 Å². The first-order chi connectivity index (χ1) is 12.1. The number of thiophene rings is 1. The Hall–Kier alpha value is -1.66. The lowest BCUT2D eigenvalue weighted by atomic mass is 9.77. The fourth-order valence-electron chi connectivity index (χ4n) is 4.19. The summed E-state index contributed by atoms with van der Waals surface area (Å²) in [6.45, 7) is 3.63. The molecule has 4 heterocycles. The summed E-state index contributed by atoms with van der Waals surface area (Å²) in [6.07, 6.45) is 6.57. The molecule has 5 nitrogen and oxygen atoms in total. The molecule has 0 aliphatic carbocycles. The van der Waals surface area contributed by atoms with Gasteiger partial charge in [0.2, 0.25) is 5.91 Å². The first-order valence-electron chi connectivity index (χ1n) is 8.99. The number of amides is 1. The second-order valence-corrected chi connectivity index (χ2v) is 8.08. The lowest BCUT2D eigenvalue weighted by Gasteiger charge is -2.22. The van der Waals surface area contributed by atoms with Gasteiger partial charge in [0.1, 0.15) is 11.5 Å². The topological polar surface area (TPSA) is 55.8 Å². The van der Waals surface area contributed by atoms with Crippen LogP contribution in [0.2, 0.25) is 0 Å². The normalized spacial score (nSPS) is 32.4. The number of likely N-dealkylation sites (tertiary alicyclic amines) is 1. The molecule has 1 unspecified atom stereocenters. The van der Waals surface area contributed by atoms with Crippen LogP contribution in [-0.2, 0) is 25.6 Å². The zero-order chi connectivity index (χ0) is 17.4. The summed E-state index contributed by atoms with van der Waals surface area (Å²) in [5.74, 6) is -1.23. The molecule has 0 aromatic carbocycles. The highest BCUT2D eigenvalue weighted by atomic mass is 32.1. The van der Waals surface area contributed by atoms with Crippen LogP contribution in [0.1, 0.15) is 31.1 Å². The van der Waals surface area contributed by atoms with Gasteiger partial charge in [-0.3, -0.25) is 9.59 Å². The maximum atomic E-state index is 13.0. The predicted molar refractivity (Wildman–Crippen MR) is 93.9 cm³/mol. The third kappa shape index (κ3) is 2.81. The van der Waals surface area contributed by atoms with Crippen molar-refractivity contribution in [2.45, 2.75) is 44.4 Å². The third-order valence-electron chi connectivity index (χ3n) is 5.37. The maximum Gasteiger partial charge on any atom is 0.312 e. The average molecular weight is 361 g/mol. The van der Waals surface area contributed by atoms with E-state index in [2.05, 4.69) is 6.92 Å². The molecule has 1 spiro atoms. The Labute approximate surface area is 151 Å². The molecule has 1 aromatic rings. The average Bonchev–Trinajstić information content (AvgIpc) is 3.35. The van der Waals surface area contributed by atoms with E-state index < -0.39 is 17.4 Å². The van der Waals surface area contributed by atoms with Crippen LogP contribution in [0.25, 0.3) is 0 Å². The molecule has 0 saturated carbocycles. The molecule has 1 amide bonds. The van der Waals surface area contributed by atoms with Gasteiger partial charge < -0.3 is 14.4 Å². The number of carbonyl (C=O) groups is 2. The summed E-state index contributed by atoms with van der Waals surface area (Å²) in [7, 11) is 0. The number of hydrogen-bond acceptors (Lipinski definition) is 5. The van der Waals surface area contributed by atoms with Gasteiger partial charge in [0.25, 0.3) is 0 Å². The van der Waals surface area contributed by atoms with Crippen molar-refractivity contribution in [1.29, 1.82) is 0 Å². The van der Waals surface area contributed by atoms with Gasteiger partial charge in [-0.25, -0.2) is 0 Å². The van der Waals surface area contributed by atoms with E-state index in [1.165, 1.54) is 0 Å². The van der Waals surface area contributed by atoms with Crippen molar-refractivity contribution in [2.75, 3.05) is 13.2 Å². The number of nitrogens with zero attached hydrogens (tertiary/aromatic N) is 1. The molecule has 3 aliphatic rings. The van der Waals surface area contributed by atoms with Crippen molar-refractivity contribution in [3.05, 3.63) is 34.5 Å². The minimum Gasteiger partial charge on any atom is -0.465 e. The Balaban J connectivity index is 1.47. The summed E-state index contributed by atoms with van der Waals surface area (Å²) in [4.78, 5) is 28.6. The first kappa shape index (κ1) is 16.8. The Morgan fingerprint density at radius 3 is 3.12 bits per heavy atom. The second-order valence-electron chi connectivity index (χ2n) is 7.05. The summed E-state index contributed by atoms with van der Waals surface area (Å²) >= 11 is 1.64. The second kappa shape index (κ2) is 6.57. The molecule has 25 heavy (non-hydrogen) atoms. The molecule has 6 heteroatoms. The van der Waals surface area contributed by atoms with Crippen molar-refractivity contribution in [3.8, 4) is 0 Å². The Bertz CT molecular complexity index is 686. The number of ether oxygens (including phenoxy) is 2. The van der Waals surface area contributed by atoms with E-state index in [9.17, 15) is 9.59 Å². The Morgan fingerprint density at radius 1 is 1.48 bits per heavy atom. The maximum absolute atomic E-state index is 13.0. The number of hydrogen-bond donors (Lipinski definition) is 0. The minimum atomic E-state index is -0.647. The molecule has 2 saturated heterocycles. The smallest absolute Gasteiger partial charge is 0.312 e. The number of carbonyl (C=O) groups excluding carboxylic acids is 2. The van der Waals surface area contributed by atoms with Gasteiger partial charge in [-0.15, -0.1) is 11.3 Å². The van der Waals surface area contributed by atoms with Crippen LogP contribution in [-0.4, -0.2) is 41.6 Å². The van der Waals surface area contributed by atoms with E-state index in [1.807, 2.05) is 34.6 Å². The Kier molecular flexibility index (Phi) is 4.41. The molecular formula is C19H23NO4S. The lowest BCUT2D eigenvalue weighted by molar-refractivity contribution is -0.154. The molecule has 2 fully saturated rings. The molecule has 1 aromatic heterocycles. The third-order valence-corrected chi connectivity index (χ3v) is 6.23. The van der Waals surface area contributed by atoms with Crippen molar-refractivity contribution in [1.82, 2.24) is 4.90 Å². The summed E-state index contributed by atoms with van der Waals surface area (Å²) in [5, 5.41) is 2.01. The summed E-state index contributed by atoms with van der Waals surface area (Å²) < 4.78 is 11.5. The van der Waals surface area contributed by atoms with Crippen molar-refractivity contribution in [3.63, 3.8) is 0 Å². The fourth-order valence-corrected chi connectivity index (χ4v) is 4.91. The molecule has 0 radical (unpaired) electrons. The van der Waals surface area contributed by atoms with Crippen LogP contribution < -0.4 is 0 Å². The monoisotopic (exact) mass is 361 g/mol. The molecule has 134 valence electrons. The molecule has 3 aliphatic heterocycles. The standard InChI is InChI=1S/C19H23NO4S/c1-2-3-4-9-23-18(22)15-14-7-8-19(24-14)12-20(17(21)16(15)19)11-13-6-5-10-25-13/h5-8,10,14-16H,2-4,9,11-12H2,1H3/t14-,15?,16-,19+/m0/s1. The van der Waals surface area contributed by atoms with Crippen LogP contribution in [0.3, 0.4) is 0 Å². The first-order valence-corrected chi connectivity index (χ1v) is 9.87.